The van der Waals surface area contributed by atoms with Crippen LogP contribution >= 0.6 is 0 Å². The van der Waals surface area contributed by atoms with E-state index in [1.165, 1.54) is 6.08 Å². The second-order valence-corrected chi connectivity index (χ2v) is 4.05. The van der Waals surface area contributed by atoms with Crippen molar-refractivity contribution in [1.82, 2.24) is 0 Å². The van der Waals surface area contributed by atoms with E-state index in [0.29, 0.717) is 37.7 Å². The maximum atomic E-state index is 10.8. The van der Waals surface area contributed by atoms with Crippen molar-refractivity contribution in [1.29, 1.82) is 0 Å². The Morgan fingerprint density at radius 3 is 2.55 bits per heavy atom. The minimum absolute atomic E-state index is 0.372. The number of carboxylic acid groups (broad SMARTS) is 1. The van der Waals surface area contributed by atoms with Crippen LogP contribution in [0.2, 0.25) is 0 Å². The van der Waals surface area contributed by atoms with Crippen molar-refractivity contribution in [3.63, 3.8) is 0 Å². The molecule has 0 fully saturated rings. The van der Waals surface area contributed by atoms with Gasteiger partial charge < -0.3 is 19.3 Å². The summed E-state index contributed by atoms with van der Waals surface area (Å²) in [5, 5.41) is 12.0. The van der Waals surface area contributed by atoms with Gasteiger partial charge in [0, 0.05) is 12.0 Å². The van der Waals surface area contributed by atoms with Gasteiger partial charge in [0.1, 0.15) is 18.1 Å². The molecule has 118 valence electrons. The highest BCUT2D eigenvalue weighted by Crippen LogP contribution is 2.15. The number of rotatable bonds is 10. The summed E-state index contributed by atoms with van der Waals surface area (Å²) in [5.41, 5.74) is 8.52. The van der Waals surface area contributed by atoms with E-state index in [1.54, 1.807) is 31.4 Å². The smallest absolute Gasteiger partial charge is 0.338 e. The van der Waals surface area contributed by atoms with E-state index in [0.717, 1.165) is 0 Å². The van der Waals surface area contributed by atoms with Gasteiger partial charge in [-0.25, -0.2) is 4.79 Å². The molecule has 0 aliphatic heterocycles. The quantitative estimate of drug-likeness (QED) is 0.234. The Kier molecular flexibility index (Phi) is 8.14. The SMILES string of the molecule is COCCOCCOc1ccc(C=C(N=[N+]=[N-])C(=O)O)cc1. The standard InChI is InChI=1S/C14H17N3O5/c1-20-6-7-21-8-9-22-12-4-2-11(3-5-12)10-13(14(18)19)16-17-15/h2-5,10H,6-9H2,1H3,(H,18,19). The molecule has 0 saturated carbocycles. The van der Waals surface area contributed by atoms with Crippen molar-refractivity contribution in [2.75, 3.05) is 33.5 Å². The van der Waals surface area contributed by atoms with Crippen LogP contribution in [-0.4, -0.2) is 44.6 Å². The second kappa shape index (κ2) is 10.2. The maximum Gasteiger partial charge on any atom is 0.338 e. The molecule has 0 unspecified atom stereocenters. The van der Waals surface area contributed by atoms with Gasteiger partial charge in [0.05, 0.1) is 19.8 Å². The van der Waals surface area contributed by atoms with E-state index in [4.69, 9.17) is 24.8 Å². The highest BCUT2D eigenvalue weighted by Gasteiger charge is 2.04. The molecule has 0 radical (unpaired) electrons. The van der Waals surface area contributed by atoms with Crippen LogP contribution < -0.4 is 4.74 Å². The first-order chi connectivity index (χ1) is 10.7. The van der Waals surface area contributed by atoms with Crippen molar-refractivity contribution < 1.29 is 24.1 Å². The Morgan fingerprint density at radius 2 is 1.95 bits per heavy atom. The van der Waals surface area contributed by atoms with Crippen LogP contribution in [0.15, 0.2) is 35.1 Å². The number of carbonyl (C=O) groups is 1. The topological polar surface area (TPSA) is 114 Å². The summed E-state index contributed by atoms with van der Waals surface area (Å²) >= 11 is 0. The average molecular weight is 307 g/mol. The molecule has 8 heteroatoms. The van der Waals surface area contributed by atoms with Gasteiger partial charge in [0.15, 0.2) is 0 Å². The highest BCUT2D eigenvalue weighted by atomic mass is 16.5. The third-order valence-corrected chi connectivity index (χ3v) is 2.48. The number of methoxy groups -OCH3 is 1. The molecule has 0 aromatic heterocycles. The molecular weight excluding hydrogens is 290 g/mol. The minimum Gasteiger partial charge on any atom is -0.491 e. The van der Waals surface area contributed by atoms with E-state index in [2.05, 4.69) is 10.0 Å². The van der Waals surface area contributed by atoms with Crippen LogP contribution in [0, 0.1) is 0 Å². The Morgan fingerprint density at radius 1 is 1.27 bits per heavy atom. The predicted molar refractivity (Wildman–Crippen MR) is 79.4 cm³/mol. The molecule has 1 aromatic carbocycles. The van der Waals surface area contributed by atoms with Gasteiger partial charge in [-0.15, -0.1) is 0 Å². The molecule has 0 amide bonds. The fourth-order valence-corrected chi connectivity index (χ4v) is 1.46. The molecule has 0 aliphatic rings. The highest BCUT2D eigenvalue weighted by molar-refractivity contribution is 5.91. The Hall–Kier alpha value is -2.54. The number of hydrogen-bond acceptors (Lipinski definition) is 5. The van der Waals surface area contributed by atoms with Crippen molar-refractivity contribution in [2.24, 2.45) is 5.11 Å². The molecule has 1 aromatic rings. The molecule has 0 spiro atoms. The van der Waals surface area contributed by atoms with Crippen molar-refractivity contribution in [2.45, 2.75) is 0 Å². The van der Waals surface area contributed by atoms with Crippen molar-refractivity contribution in [3.05, 3.63) is 46.0 Å². The van der Waals surface area contributed by atoms with Gasteiger partial charge in [-0.2, -0.15) is 0 Å². The molecule has 0 atom stereocenters. The molecule has 0 aliphatic carbocycles. The molecule has 0 saturated heterocycles. The maximum absolute atomic E-state index is 10.8. The van der Waals surface area contributed by atoms with Gasteiger partial charge in [-0.3, -0.25) is 0 Å². The lowest BCUT2D eigenvalue weighted by atomic mass is 10.2. The van der Waals surface area contributed by atoms with Crippen LogP contribution in [0.4, 0.5) is 0 Å². The number of azide groups is 1. The molecule has 22 heavy (non-hydrogen) atoms. The number of benzene rings is 1. The van der Waals surface area contributed by atoms with Crippen LogP contribution in [0.3, 0.4) is 0 Å². The minimum atomic E-state index is -1.29. The number of nitrogens with zero attached hydrogens (tertiary/aromatic N) is 3. The molecular formula is C14H17N3O5. The monoisotopic (exact) mass is 307 g/mol. The normalized spacial score (nSPS) is 10.9. The average Bonchev–Trinajstić information content (AvgIpc) is 2.51. The molecule has 1 rings (SSSR count). The number of hydrogen-bond donors (Lipinski definition) is 1. The van der Waals surface area contributed by atoms with Crippen LogP contribution in [0.1, 0.15) is 5.56 Å². The zero-order valence-electron chi connectivity index (χ0n) is 12.1. The first-order valence-electron chi connectivity index (χ1n) is 6.47. The number of ether oxygens (including phenoxy) is 3. The van der Waals surface area contributed by atoms with Gasteiger partial charge in [-0.05, 0) is 29.3 Å². The Bertz CT molecular complexity index is 546. The lowest BCUT2D eigenvalue weighted by Gasteiger charge is -2.07. The number of aliphatic carboxylic acids is 1. The zero-order valence-corrected chi connectivity index (χ0v) is 12.1. The summed E-state index contributed by atoms with van der Waals surface area (Å²) in [6.07, 6.45) is 1.28. The van der Waals surface area contributed by atoms with E-state index in [1.807, 2.05) is 0 Å². The van der Waals surface area contributed by atoms with E-state index in [-0.39, 0.29) is 5.70 Å². The largest absolute Gasteiger partial charge is 0.491 e. The summed E-state index contributed by atoms with van der Waals surface area (Å²) in [7, 11) is 1.60. The Balaban J connectivity index is 2.50. The van der Waals surface area contributed by atoms with Crippen molar-refractivity contribution >= 4 is 12.0 Å². The van der Waals surface area contributed by atoms with Gasteiger partial charge in [-0.1, -0.05) is 17.2 Å². The number of carboxylic acids is 1. The van der Waals surface area contributed by atoms with Gasteiger partial charge >= 0.3 is 5.97 Å². The third-order valence-electron chi connectivity index (χ3n) is 2.48. The first-order valence-corrected chi connectivity index (χ1v) is 6.47. The summed E-state index contributed by atoms with van der Waals surface area (Å²) in [6, 6.07) is 6.71. The molecule has 0 heterocycles. The molecule has 8 nitrogen and oxygen atoms in total. The van der Waals surface area contributed by atoms with Crippen LogP contribution in [0.25, 0.3) is 16.5 Å². The summed E-state index contributed by atoms with van der Waals surface area (Å²) in [4.78, 5) is 13.3. The van der Waals surface area contributed by atoms with Crippen molar-refractivity contribution in [3.8, 4) is 5.75 Å². The molecule has 1 N–H and O–H groups in total. The second-order valence-electron chi connectivity index (χ2n) is 4.05. The summed E-state index contributed by atoms with van der Waals surface area (Å²) in [6.45, 7) is 1.90. The van der Waals surface area contributed by atoms with Crippen LogP contribution in [0.5, 0.6) is 5.75 Å². The zero-order chi connectivity index (χ0) is 16.2. The summed E-state index contributed by atoms with van der Waals surface area (Å²) in [5.74, 6) is -0.653. The fourth-order valence-electron chi connectivity index (χ4n) is 1.46. The predicted octanol–water partition coefficient (Wildman–Crippen LogP) is 2.46. The Labute approximate surface area is 127 Å². The van der Waals surface area contributed by atoms with E-state index in [9.17, 15) is 4.79 Å². The molecule has 0 bridgehead atoms. The van der Waals surface area contributed by atoms with E-state index < -0.39 is 5.97 Å². The lowest BCUT2D eigenvalue weighted by Crippen LogP contribution is -2.09. The fraction of sp³-hybridized carbons (Fsp3) is 0.357. The van der Waals surface area contributed by atoms with E-state index >= 15 is 0 Å². The van der Waals surface area contributed by atoms with Crippen LogP contribution in [-0.2, 0) is 14.3 Å². The first kappa shape index (κ1) is 17.5. The summed E-state index contributed by atoms with van der Waals surface area (Å²) < 4.78 is 15.6. The van der Waals surface area contributed by atoms with Gasteiger partial charge in [0.2, 0.25) is 0 Å². The lowest BCUT2D eigenvalue weighted by molar-refractivity contribution is -0.132. The third kappa shape index (κ3) is 6.76. The van der Waals surface area contributed by atoms with Gasteiger partial charge in [0.25, 0.3) is 0 Å².